The minimum atomic E-state index is -0.640. The SMILES string of the molecule is CC(c1cc2cccc(Cl)c2nc1C=O)N1C(=O)c2ccccc2C1=O. The number of fused-ring (bicyclic) bond motifs is 2. The van der Waals surface area contributed by atoms with E-state index in [0.717, 1.165) is 5.39 Å². The van der Waals surface area contributed by atoms with Gasteiger partial charge in [0.15, 0.2) is 6.29 Å². The van der Waals surface area contributed by atoms with Crippen LogP contribution in [0.1, 0.15) is 49.7 Å². The molecule has 128 valence electrons. The van der Waals surface area contributed by atoms with Crippen molar-refractivity contribution in [1.82, 2.24) is 9.88 Å². The minimum Gasteiger partial charge on any atom is -0.296 e. The maximum Gasteiger partial charge on any atom is 0.262 e. The van der Waals surface area contributed by atoms with Gasteiger partial charge in [-0.1, -0.05) is 35.9 Å². The van der Waals surface area contributed by atoms with E-state index in [1.165, 1.54) is 4.90 Å². The second kappa shape index (κ2) is 6.04. The number of imide groups is 1. The summed E-state index contributed by atoms with van der Waals surface area (Å²) in [6.07, 6.45) is 0.618. The Kier molecular flexibility index (Phi) is 3.81. The molecule has 1 aliphatic rings. The van der Waals surface area contributed by atoms with E-state index in [4.69, 9.17) is 11.6 Å². The van der Waals surface area contributed by atoms with Crippen LogP contribution in [0.25, 0.3) is 10.9 Å². The van der Waals surface area contributed by atoms with E-state index in [2.05, 4.69) is 4.98 Å². The van der Waals surface area contributed by atoms with Crippen LogP contribution in [0.4, 0.5) is 0 Å². The number of para-hydroxylation sites is 1. The first kappa shape index (κ1) is 16.4. The van der Waals surface area contributed by atoms with E-state index in [-0.39, 0.29) is 17.5 Å². The lowest BCUT2D eigenvalue weighted by molar-refractivity contribution is 0.0593. The van der Waals surface area contributed by atoms with Crippen molar-refractivity contribution in [2.75, 3.05) is 0 Å². The molecule has 0 aliphatic carbocycles. The first-order chi connectivity index (χ1) is 12.5. The predicted octanol–water partition coefficient (Wildman–Crippen LogP) is 4.06. The molecule has 0 saturated carbocycles. The fraction of sp³-hybridized carbons (Fsp3) is 0.100. The standard InChI is InChI=1S/C20H13ClN2O3/c1-11(23-19(25)13-6-2-3-7-14(13)20(23)26)15-9-12-5-4-8-16(21)18(12)22-17(15)10-24/h2-11H,1H3. The van der Waals surface area contributed by atoms with Gasteiger partial charge >= 0.3 is 0 Å². The number of nitrogens with zero attached hydrogens (tertiary/aromatic N) is 2. The quantitative estimate of drug-likeness (QED) is 0.519. The van der Waals surface area contributed by atoms with Gasteiger partial charge in [-0.15, -0.1) is 0 Å². The van der Waals surface area contributed by atoms with E-state index in [0.29, 0.717) is 33.5 Å². The average Bonchev–Trinajstić information content (AvgIpc) is 2.91. The van der Waals surface area contributed by atoms with Gasteiger partial charge in [0.2, 0.25) is 0 Å². The molecule has 4 rings (SSSR count). The molecule has 0 radical (unpaired) electrons. The highest BCUT2D eigenvalue weighted by Gasteiger charge is 2.39. The first-order valence-electron chi connectivity index (χ1n) is 8.04. The Bertz CT molecular complexity index is 1060. The van der Waals surface area contributed by atoms with Gasteiger partial charge in [0.1, 0.15) is 5.69 Å². The maximum absolute atomic E-state index is 12.7. The van der Waals surface area contributed by atoms with Crippen LogP contribution in [0.2, 0.25) is 5.02 Å². The first-order valence-corrected chi connectivity index (χ1v) is 8.42. The summed E-state index contributed by atoms with van der Waals surface area (Å²) in [5.74, 6) is -0.748. The van der Waals surface area contributed by atoms with Crippen LogP contribution >= 0.6 is 11.6 Å². The van der Waals surface area contributed by atoms with Gasteiger partial charge in [0, 0.05) is 10.9 Å². The molecule has 0 spiro atoms. The number of hydrogen-bond donors (Lipinski definition) is 0. The summed E-state index contributed by atoms with van der Waals surface area (Å²) in [5, 5.41) is 1.17. The van der Waals surface area contributed by atoms with Crippen molar-refractivity contribution in [2.45, 2.75) is 13.0 Å². The number of aromatic nitrogens is 1. The topological polar surface area (TPSA) is 67.3 Å². The molecular weight excluding hydrogens is 352 g/mol. The number of hydrogen-bond acceptors (Lipinski definition) is 4. The average molecular weight is 365 g/mol. The third-order valence-corrected chi connectivity index (χ3v) is 4.94. The van der Waals surface area contributed by atoms with E-state index >= 15 is 0 Å². The van der Waals surface area contributed by atoms with Crippen LogP contribution in [0.15, 0.2) is 48.5 Å². The molecule has 1 unspecified atom stereocenters. The second-order valence-electron chi connectivity index (χ2n) is 6.09. The number of rotatable bonds is 3. The Balaban J connectivity index is 1.84. The van der Waals surface area contributed by atoms with Crippen molar-refractivity contribution in [3.8, 4) is 0 Å². The predicted molar refractivity (Wildman–Crippen MR) is 97.5 cm³/mol. The van der Waals surface area contributed by atoms with Crippen LogP contribution in [-0.4, -0.2) is 28.0 Å². The smallest absolute Gasteiger partial charge is 0.262 e. The molecule has 0 fully saturated rings. The molecule has 3 aromatic rings. The van der Waals surface area contributed by atoms with Crippen molar-refractivity contribution in [2.24, 2.45) is 0 Å². The molecule has 5 nitrogen and oxygen atoms in total. The molecule has 2 aromatic carbocycles. The lowest BCUT2D eigenvalue weighted by Gasteiger charge is -2.24. The molecular formula is C20H13ClN2O3. The van der Waals surface area contributed by atoms with Crippen molar-refractivity contribution < 1.29 is 14.4 Å². The zero-order valence-corrected chi connectivity index (χ0v) is 14.5. The fourth-order valence-corrected chi connectivity index (χ4v) is 3.54. The molecule has 1 atom stereocenters. The highest BCUT2D eigenvalue weighted by Crippen LogP contribution is 2.34. The van der Waals surface area contributed by atoms with Crippen molar-refractivity contribution in [3.63, 3.8) is 0 Å². The summed E-state index contributed by atoms with van der Waals surface area (Å²) in [5.41, 5.74) is 1.91. The van der Waals surface area contributed by atoms with E-state index in [1.807, 2.05) is 6.07 Å². The largest absolute Gasteiger partial charge is 0.296 e. The van der Waals surface area contributed by atoms with Crippen molar-refractivity contribution >= 4 is 40.6 Å². The van der Waals surface area contributed by atoms with Gasteiger partial charge in [0.05, 0.1) is 27.7 Å². The number of amides is 2. The molecule has 2 heterocycles. The van der Waals surface area contributed by atoms with Gasteiger partial charge in [-0.3, -0.25) is 19.3 Å². The van der Waals surface area contributed by atoms with Crippen LogP contribution < -0.4 is 0 Å². The van der Waals surface area contributed by atoms with Gasteiger partial charge in [-0.25, -0.2) is 4.98 Å². The van der Waals surface area contributed by atoms with Crippen LogP contribution in [0, 0.1) is 0 Å². The van der Waals surface area contributed by atoms with Gasteiger partial charge in [0.25, 0.3) is 11.8 Å². The van der Waals surface area contributed by atoms with Gasteiger partial charge in [-0.05, 0) is 31.2 Å². The molecule has 2 amide bonds. The van der Waals surface area contributed by atoms with Gasteiger partial charge in [-0.2, -0.15) is 0 Å². The Morgan fingerprint density at radius 1 is 1.04 bits per heavy atom. The minimum absolute atomic E-state index is 0.162. The number of halogens is 1. The fourth-order valence-electron chi connectivity index (χ4n) is 3.32. The number of aldehydes is 1. The maximum atomic E-state index is 12.7. The third kappa shape index (κ3) is 2.32. The normalized spacial score (nSPS) is 14.6. The summed E-state index contributed by atoms with van der Waals surface area (Å²) in [4.78, 5) is 42.5. The summed E-state index contributed by atoms with van der Waals surface area (Å²) in [7, 11) is 0. The van der Waals surface area contributed by atoms with Crippen molar-refractivity contribution in [3.05, 3.63) is 75.9 Å². The highest BCUT2D eigenvalue weighted by atomic mass is 35.5. The number of carbonyl (C=O) groups excluding carboxylic acids is 3. The lowest BCUT2D eigenvalue weighted by atomic mass is 10.0. The van der Waals surface area contributed by atoms with Crippen LogP contribution in [-0.2, 0) is 0 Å². The van der Waals surface area contributed by atoms with Crippen molar-refractivity contribution in [1.29, 1.82) is 0 Å². The Morgan fingerprint density at radius 2 is 1.69 bits per heavy atom. The zero-order chi connectivity index (χ0) is 18.4. The molecule has 1 aliphatic heterocycles. The molecule has 6 heteroatoms. The summed E-state index contributed by atoms with van der Waals surface area (Å²) >= 11 is 6.16. The third-order valence-electron chi connectivity index (χ3n) is 4.63. The van der Waals surface area contributed by atoms with E-state index in [1.54, 1.807) is 49.4 Å². The second-order valence-corrected chi connectivity index (χ2v) is 6.50. The van der Waals surface area contributed by atoms with E-state index < -0.39 is 6.04 Å². The Hall–Kier alpha value is -3.05. The van der Waals surface area contributed by atoms with Gasteiger partial charge < -0.3 is 0 Å². The molecule has 0 N–H and O–H groups in total. The summed E-state index contributed by atoms with van der Waals surface area (Å²) in [6, 6.07) is 13.1. The molecule has 26 heavy (non-hydrogen) atoms. The van der Waals surface area contributed by atoms with E-state index in [9.17, 15) is 14.4 Å². The molecule has 0 bridgehead atoms. The Labute approximate surface area is 154 Å². The van der Waals surface area contributed by atoms with Crippen LogP contribution in [0.5, 0.6) is 0 Å². The summed E-state index contributed by atoms with van der Waals surface area (Å²) < 4.78 is 0. The zero-order valence-electron chi connectivity index (χ0n) is 13.8. The van der Waals surface area contributed by atoms with Crippen LogP contribution in [0.3, 0.4) is 0 Å². The monoisotopic (exact) mass is 364 g/mol. The highest BCUT2D eigenvalue weighted by molar-refractivity contribution is 6.35. The number of pyridine rings is 1. The summed E-state index contributed by atoms with van der Waals surface area (Å²) in [6.45, 7) is 1.71. The lowest BCUT2D eigenvalue weighted by Crippen LogP contribution is -2.33. The number of carbonyl (C=O) groups is 3. The Morgan fingerprint density at radius 3 is 2.31 bits per heavy atom. The number of benzene rings is 2. The molecule has 1 aromatic heterocycles. The molecule has 0 saturated heterocycles.